The highest BCUT2D eigenvalue weighted by Crippen LogP contribution is 2.18. The molecule has 0 fully saturated rings. The lowest BCUT2D eigenvalue weighted by molar-refractivity contribution is -0.140. The number of hydrogen-bond donors (Lipinski definition) is 1. The van der Waals surface area contributed by atoms with Gasteiger partial charge in [-0.05, 0) is 25.0 Å². The SMILES string of the molecule is CNC(=O)CSc1nc2ccccc2c(=O)n1CCCCCC(=O)OC. The molecule has 1 aromatic heterocycles. The largest absolute Gasteiger partial charge is 0.469 e. The van der Waals surface area contributed by atoms with Gasteiger partial charge in [-0.25, -0.2) is 4.98 Å². The minimum Gasteiger partial charge on any atom is -0.469 e. The van der Waals surface area contributed by atoms with Crippen LogP contribution in [0.5, 0.6) is 0 Å². The van der Waals surface area contributed by atoms with Crippen LogP contribution in [0.15, 0.2) is 34.2 Å². The van der Waals surface area contributed by atoms with Gasteiger partial charge in [0.05, 0.1) is 23.8 Å². The maximum absolute atomic E-state index is 12.8. The number of aromatic nitrogens is 2. The van der Waals surface area contributed by atoms with Crippen LogP contribution < -0.4 is 10.9 Å². The van der Waals surface area contributed by atoms with Gasteiger partial charge in [0.1, 0.15) is 0 Å². The molecule has 0 radical (unpaired) electrons. The van der Waals surface area contributed by atoms with Crippen LogP contribution in [0.1, 0.15) is 25.7 Å². The number of ether oxygens (including phenoxy) is 1. The number of carbonyl (C=O) groups is 2. The summed E-state index contributed by atoms with van der Waals surface area (Å²) in [5.74, 6) is -0.151. The summed E-state index contributed by atoms with van der Waals surface area (Å²) in [5.41, 5.74) is 0.516. The molecule has 140 valence electrons. The van der Waals surface area contributed by atoms with E-state index in [-0.39, 0.29) is 23.2 Å². The quantitative estimate of drug-likeness (QED) is 0.311. The van der Waals surface area contributed by atoms with Gasteiger partial charge in [0.25, 0.3) is 5.56 Å². The van der Waals surface area contributed by atoms with Crippen molar-refractivity contribution in [3.8, 4) is 0 Å². The molecule has 0 aliphatic heterocycles. The van der Waals surface area contributed by atoms with Crippen molar-refractivity contribution in [3.05, 3.63) is 34.6 Å². The van der Waals surface area contributed by atoms with E-state index in [1.165, 1.54) is 18.9 Å². The Kier molecular flexibility index (Phi) is 7.65. The van der Waals surface area contributed by atoms with Gasteiger partial charge >= 0.3 is 5.97 Å². The number of nitrogens with one attached hydrogen (secondary N) is 1. The molecular formula is C18H23N3O4S. The molecule has 1 N–H and O–H groups in total. The summed E-state index contributed by atoms with van der Waals surface area (Å²) in [6.07, 6.45) is 2.63. The highest BCUT2D eigenvalue weighted by atomic mass is 32.2. The smallest absolute Gasteiger partial charge is 0.305 e. The fourth-order valence-electron chi connectivity index (χ4n) is 2.48. The average molecular weight is 377 g/mol. The molecule has 1 amide bonds. The van der Waals surface area contributed by atoms with Gasteiger partial charge in [-0.15, -0.1) is 0 Å². The molecule has 8 heteroatoms. The third-order valence-electron chi connectivity index (χ3n) is 3.93. The minimum absolute atomic E-state index is 0.108. The summed E-state index contributed by atoms with van der Waals surface area (Å²) >= 11 is 1.25. The number of amides is 1. The predicted octanol–water partition coefficient (Wildman–Crippen LogP) is 1.97. The van der Waals surface area contributed by atoms with Crippen LogP contribution in [0, 0.1) is 0 Å². The molecule has 0 saturated carbocycles. The van der Waals surface area contributed by atoms with Crippen molar-refractivity contribution in [2.24, 2.45) is 0 Å². The lowest BCUT2D eigenvalue weighted by Gasteiger charge is -2.12. The summed E-state index contributed by atoms with van der Waals surface area (Å²) in [7, 11) is 2.95. The third kappa shape index (κ3) is 5.32. The van der Waals surface area contributed by atoms with Crippen LogP contribution in [-0.2, 0) is 20.9 Å². The molecule has 0 spiro atoms. The minimum atomic E-state index is -0.226. The van der Waals surface area contributed by atoms with Crippen molar-refractivity contribution in [3.63, 3.8) is 0 Å². The van der Waals surface area contributed by atoms with E-state index >= 15 is 0 Å². The second-order valence-electron chi connectivity index (χ2n) is 5.72. The van der Waals surface area contributed by atoms with Crippen LogP contribution in [0.2, 0.25) is 0 Å². The van der Waals surface area contributed by atoms with Crippen molar-refractivity contribution >= 4 is 34.5 Å². The first kappa shape index (κ1) is 20.0. The van der Waals surface area contributed by atoms with Gasteiger partial charge in [0, 0.05) is 20.0 Å². The van der Waals surface area contributed by atoms with Crippen molar-refractivity contribution in [2.75, 3.05) is 19.9 Å². The Morgan fingerprint density at radius 3 is 2.73 bits per heavy atom. The number of hydrogen-bond acceptors (Lipinski definition) is 6. The fourth-order valence-corrected chi connectivity index (χ4v) is 3.37. The standard InChI is InChI=1S/C18H23N3O4S/c1-19-15(22)12-26-18-20-14-9-6-5-8-13(14)17(24)21(18)11-7-3-4-10-16(23)25-2/h5-6,8-9H,3-4,7,10-12H2,1-2H3,(H,19,22). The summed E-state index contributed by atoms with van der Waals surface area (Å²) in [6.45, 7) is 0.494. The molecule has 1 heterocycles. The van der Waals surface area contributed by atoms with E-state index in [2.05, 4.69) is 15.0 Å². The first-order chi connectivity index (χ1) is 12.6. The fraction of sp³-hybridized carbons (Fsp3) is 0.444. The second kappa shape index (κ2) is 9.96. The molecule has 26 heavy (non-hydrogen) atoms. The Hall–Kier alpha value is -2.35. The van der Waals surface area contributed by atoms with Gasteiger partial charge in [0.2, 0.25) is 5.91 Å². The monoisotopic (exact) mass is 377 g/mol. The zero-order chi connectivity index (χ0) is 18.9. The molecule has 0 atom stereocenters. The number of nitrogens with zero attached hydrogens (tertiary/aromatic N) is 2. The van der Waals surface area contributed by atoms with Gasteiger partial charge in [-0.3, -0.25) is 19.0 Å². The molecule has 0 aliphatic rings. The maximum Gasteiger partial charge on any atom is 0.305 e. The number of carbonyl (C=O) groups excluding carboxylic acids is 2. The van der Waals surface area contributed by atoms with Crippen molar-refractivity contribution < 1.29 is 14.3 Å². The average Bonchev–Trinajstić information content (AvgIpc) is 2.67. The normalized spacial score (nSPS) is 10.7. The molecule has 2 aromatic rings. The number of fused-ring (bicyclic) bond motifs is 1. The number of benzene rings is 1. The molecular weight excluding hydrogens is 354 g/mol. The van der Waals surface area contributed by atoms with Crippen molar-refractivity contribution in [1.82, 2.24) is 14.9 Å². The number of thioether (sulfide) groups is 1. The molecule has 0 saturated heterocycles. The first-order valence-electron chi connectivity index (χ1n) is 8.46. The van der Waals surface area contributed by atoms with Gasteiger partial charge < -0.3 is 10.1 Å². The number of unbranched alkanes of at least 4 members (excludes halogenated alkanes) is 2. The summed E-state index contributed by atoms with van der Waals surface area (Å²) in [4.78, 5) is 40.1. The van der Waals surface area contributed by atoms with E-state index in [0.717, 1.165) is 12.8 Å². The molecule has 7 nitrogen and oxygen atoms in total. The topological polar surface area (TPSA) is 90.3 Å². The van der Waals surface area contributed by atoms with Crippen LogP contribution in [0.3, 0.4) is 0 Å². The van der Waals surface area contributed by atoms with E-state index in [1.807, 2.05) is 12.1 Å². The van der Waals surface area contributed by atoms with Crippen LogP contribution in [-0.4, -0.2) is 41.3 Å². The van der Waals surface area contributed by atoms with Gasteiger partial charge in [0.15, 0.2) is 5.16 Å². The van der Waals surface area contributed by atoms with E-state index in [4.69, 9.17) is 0 Å². The van der Waals surface area contributed by atoms with E-state index < -0.39 is 0 Å². The van der Waals surface area contributed by atoms with Crippen molar-refractivity contribution in [2.45, 2.75) is 37.4 Å². The van der Waals surface area contributed by atoms with E-state index in [9.17, 15) is 14.4 Å². The Morgan fingerprint density at radius 1 is 1.23 bits per heavy atom. The second-order valence-corrected chi connectivity index (χ2v) is 6.66. The Morgan fingerprint density at radius 2 is 2.00 bits per heavy atom. The van der Waals surface area contributed by atoms with Gasteiger partial charge in [-0.2, -0.15) is 0 Å². The van der Waals surface area contributed by atoms with Gasteiger partial charge in [-0.1, -0.05) is 30.3 Å². The van der Waals surface area contributed by atoms with E-state index in [0.29, 0.717) is 35.4 Å². The molecule has 2 rings (SSSR count). The zero-order valence-corrected chi connectivity index (χ0v) is 15.8. The maximum atomic E-state index is 12.8. The Bertz CT molecular complexity index is 835. The number of esters is 1. The number of para-hydroxylation sites is 1. The van der Waals surface area contributed by atoms with Crippen molar-refractivity contribution in [1.29, 1.82) is 0 Å². The lowest BCUT2D eigenvalue weighted by atomic mass is 10.2. The highest BCUT2D eigenvalue weighted by Gasteiger charge is 2.12. The summed E-state index contributed by atoms with van der Waals surface area (Å²) < 4.78 is 6.24. The van der Waals surface area contributed by atoms with Crippen LogP contribution >= 0.6 is 11.8 Å². The lowest BCUT2D eigenvalue weighted by Crippen LogP contribution is -2.25. The van der Waals surface area contributed by atoms with E-state index in [1.54, 1.807) is 23.7 Å². The summed E-state index contributed by atoms with van der Waals surface area (Å²) in [6, 6.07) is 7.19. The molecule has 0 aliphatic carbocycles. The number of methoxy groups -OCH3 is 1. The first-order valence-corrected chi connectivity index (χ1v) is 9.45. The molecule has 1 aromatic carbocycles. The molecule has 0 unspecified atom stereocenters. The predicted molar refractivity (Wildman–Crippen MR) is 101 cm³/mol. The molecule has 0 bridgehead atoms. The van der Waals surface area contributed by atoms with Crippen LogP contribution in [0.25, 0.3) is 10.9 Å². The Balaban J connectivity index is 2.15. The highest BCUT2D eigenvalue weighted by molar-refractivity contribution is 7.99. The number of rotatable bonds is 9. The Labute approximate surface area is 156 Å². The third-order valence-corrected chi connectivity index (χ3v) is 4.90. The van der Waals surface area contributed by atoms with Crippen LogP contribution in [0.4, 0.5) is 0 Å². The zero-order valence-electron chi connectivity index (χ0n) is 15.0. The summed E-state index contributed by atoms with van der Waals surface area (Å²) in [5, 5.41) is 3.66.